The zero-order valence-corrected chi connectivity index (χ0v) is 12.2. The van der Waals surface area contributed by atoms with Crippen LogP contribution in [0.3, 0.4) is 0 Å². The molecular formula is C11H25ClN2O2S. The smallest absolute Gasteiger partial charge is 0.211 e. The lowest BCUT2D eigenvalue weighted by Gasteiger charge is -2.21. The highest BCUT2D eigenvalue weighted by molar-refractivity contribution is 7.89. The van der Waals surface area contributed by atoms with Crippen LogP contribution < -0.4 is 10.5 Å². The van der Waals surface area contributed by atoms with E-state index < -0.39 is 10.0 Å². The molecule has 0 radical (unpaired) electrons. The summed E-state index contributed by atoms with van der Waals surface area (Å²) in [6.45, 7) is 2.35. The van der Waals surface area contributed by atoms with E-state index in [4.69, 9.17) is 5.73 Å². The van der Waals surface area contributed by atoms with Crippen LogP contribution in [0.1, 0.15) is 45.4 Å². The van der Waals surface area contributed by atoms with Crippen molar-refractivity contribution in [3.8, 4) is 0 Å². The van der Waals surface area contributed by atoms with E-state index in [9.17, 15) is 8.42 Å². The first-order chi connectivity index (χ1) is 7.49. The van der Waals surface area contributed by atoms with Gasteiger partial charge in [-0.2, -0.15) is 0 Å². The second kappa shape index (κ2) is 8.29. The van der Waals surface area contributed by atoms with Gasteiger partial charge in [0, 0.05) is 12.6 Å². The predicted octanol–water partition coefficient (Wildman–Crippen LogP) is 1.65. The summed E-state index contributed by atoms with van der Waals surface area (Å²) >= 11 is 0. The maximum Gasteiger partial charge on any atom is 0.211 e. The first-order valence-electron chi connectivity index (χ1n) is 6.22. The Bertz CT molecular complexity index is 288. The van der Waals surface area contributed by atoms with Crippen LogP contribution in [0.25, 0.3) is 0 Å². The number of hydrogen-bond acceptors (Lipinski definition) is 3. The average Bonchev–Trinajstić information content (AvgIpc) is 2.17. The van der Waals surface area contributed by atoms with Crippen LogP contribution in [0.2, 0.25) is 0 Å². The molecule has 104 valence electrons. The van der Waals surface area contributed by atoms with Crippen molar-refractivity contribution in [1.29, 1.82) is 0 Å². The zero-order chi connectivity index (χ0) is 12.0. The van der Waals surface area contributed by atoms with Gasteiger partial charge in [0.1, 0.15) is 0 Å². The molecule has 1 aliphatic rings. The lowest BCUT2D eigenvalue weighted by Crippen LogP contribution is -2.33. The van der Waals surface area contributed by atoms with Gasteiger partial charge in [-0.1, -0.05) is 19.3 Å². The minimum absolute atomic E-state index is 0. The molecule has 0 aromatic carbocycles. The van der Waals surface area contributed by atoms with Gasteiger partial charge in [0.2, 0.25) is 10.0 Å². The van der Waals surface area contributed by atoms with E-state index in [-0.39, 0.29) is 18.4 Å². The van der Waals surface area contributed by atoms with Crippen LogP contribution in [0.15, 0.2) is 0 Å². The second-order valence-electron chi connectivity index (χ2n) is 4.95. The van der Waals surface area contributed by atoms with E-state index in [1.165, 1.54) is 19.3 Å². The number of halogens is 1. The maximum atomic E-state index is 11.7. The third-order valence-electron chi connectivity index (χ3n) is 3.10. The van der Waals surface area contributed by atoms with Gasteiger partial charge in [-0.05, 0) is 32.1 Å². The van der Waals surface area contributed by atoms with E-state index in [1.807, 2.05) is 6.92 Å². The number of nitrogens with one attached hydrogen (secondary N) is 1. The van der Waals surface area contributed by atoms with Gasteiger partial charge in [0.25, 0.3) is 0 Å². The number of hydrogen-bond donors (Lipinski definition) is 2. The molecule has 1 rings (SSSR count). The van der Waals surface area contributed by atoms with Gasteiger partial charge in [0.05, 0.1) is 5.75 Å². The minimum atomic E-state index is -3.08. The Kier molecular flexibility index (Phi) is 8.37. The highest BCUT2D eigenvalue weighted by Gasteiger charge is 2.20. The molecule has 0 bridgehead atoms. The molecule has 1 unspecified atom stereocenters. The molecule has 0 saturated heterocycles. The Morgan fingerprint density at radius 1 is 1.29 bits per heavy atom. The molecule has 1 fully saturated rings. The van der Waals surface area contributed by atoms with Crippen molar-refractivity contribution >= 4 is 22.4 Å². The predicted molar refractivity (Wildman–Crippen MR) is 73.9 cm³/mol. The fraction of sp³-hybridized carbons (Fsp3) is 1.00. The van der Waals surface area contributed by atoms with Gasteiger partial charge in [0.15, 0.2) is 0 Å². The second-order valence-corrected chi connectivity index (χ2v) is 6.80. The van der Waals surface area contributed by atoms with Crippen molar-refractivity contribution in [2.75, 3.05) is 12.3 Å². The van der Waals surface area contributed by atoms with Crippen molar-refractivity contribution in [2.45, 2.75) is 51.5 Å². The molecule has 0 amide bonds. The zero-order valence-electron chi connectivity index (χ0n) is 10.5. The average molecular weight is 285 g/mol. The standard InChI is InChI=1S/C11H24N2O2S.ClH/c1-10(12)7-8-13-16(14,15)9-11-5-3-2-4-6-11;/h10-11,13H,2-9,12H2,1H3;1H. The summed E-state index contributed by atoms with van der Waals surface area (Å²) in [4.78, 5) is 0. The van der Waals surface area contributed by atoms with Crippen LogP contribution in [0, 0.1) is 5.92 Å². The molecule has 1 atom stereocenters. The Hall–Kier alpha value is 0.160. The molecule has 0 spiro atoms. The van der Waals surface area contributed by atoms with Crippen molar-refractivity contribution < 1.29 is 8.42 Å². The molecule has 1 aliphatic carbocycles. The van der Waals surface area contributed by atoms with E-state index in [0.29, 0.717) is 24.6 Å². The monoisotopic (exact) mass is 284 g/mol. The number of sulfonamides is 1. The van der Waals surface area contributed by atoms with Crippen LogP contribution >= 0.6 is 12.4 Å². The third-order valence-corrected chi connectivity index (χ3v) is 4.66. The van der Waals surface area contributed by atoms with Crippen molar-refractivity contribution in [2.24, 2.45) is 11.7 Å². The quantitative estimate of drug-likeness (QED) is 0.779. The maximum absolute atomic E-state index is 11.7. The number of rotatable bonds is 6. The first-order valence-corrected chi connectivity index (χ1v) is 7.88. The van der Waals surface area contributed by atoms with Crippen LogP contribution in [0.4, 0.5) is 0 Å². The van der Waals surface area contributed by atoms with Crippen LogP contribution in [-0.2, 0) is 10.0 Å². The summed E-state index contributed by atoms with van der Waals surface area (Å²) in [5.41, 5.74) is 5.57. The number of nitrogens with two attached hydrogens (primary N) is 1. The lowest BCUT2D eigenvalue weighted by atomic mass is 9.91. The van der Waals surface area contributed by atoms with Gasteiger partial charge < -0.3 is 5.73 Å². The SMILES string of the molecule is CC(N)CCNS(=O)(=O)CC1CCCCC1.Cl. The molecule has 3 N–H and O–H groups in total. The molecule has 0 aromatic rings. The van der Waals surface area contributed by atoms with Gasteiger partial charge in [-0.15, -0.1) is 12.4 Å². The summed E-state index contributed by atoms with van der Waals surface area (Å²) in [7, 11) is -3.08. The Labute approximate surface area is 111 Å². The minimum Gasteiger partial charge on any atom is -0.328 e. The molecule has 0 heterocycles. The molecule has 1 saturated carbocycles. The van der Waals surface area contributed by atoms with Crippen LogP contribution in [-0.4, -0.2) is 26.8 Å². The summed E-state index contributed by atoms with van der Waals surface area (Å²) in [5, 5.41) is 0. The molecule has 0 aliphatic heterocycles. The van der Waals surface area contributed by atoms with Crippen molar-refractivity contribution in [1.82, 2.24) is 4.72 Å². The summed E-state index contributed by atoms with van der Waals surface area (Å²) in [6.07, 6.45) is 6.45. The summed E-state index contributed by atoms with van der Waals surface area (Å²) < 4.78 is 26.1. The van der Waals surface area contributed by atoms with Crippen LogP contribution in [0.5, 0.6) is 0 Å². The lowest BCUT2D eigenvalue weighted by molar-refractivity contribution is 0.384. The summed E-state index contributed by atoms with van der Waals surface area (Å²) in [5.74, 6) is 0.660. The molecule has 17 heavy (non-hydrogen) atoms. The van der Waals surface area contributed by atoms with Gasteiger partial charge in [-0.3, -0.25) is 0 Å². The van der Waals surface area contributed by atoms with Gasteiger partial charge in [-0.25, -0.2) is 13.1 Å². The molecule has 0 aromatic heterocycles. The normalized spacial score (nSPS) is 19.6. The van der Waals surface area contributed by atoms with Crippen molar-refractivity contribution in [3.63, 3.8) is 0 Å². The fourth-order valence-electron chi connectivity index (χ4n) is 2.17. The molecule has 6 heteroatoms. The molecular weight excluding hydrogens is 260 g/mol. The molecule has 4 nitrogen and oxygen atoms in total. The fourth-order valence-corrected chi connectivity index (χ4v) is 3.67. The highest BCUT2D eigenvalue weighted by Crippen LogP contribution is 2.24. The van der Waals surface area contributed by atoms with Gasteiger partial charge >= 0.3 is 0 Å². The van der Waals surface area contributed by atoms with E-state index in [2.05, 4.69) is 4.72 Å². The summed E-state index contributed by atoms with van der Waals surface area (Å²) in [6, 6.07) is 0.0531. The largest absolute Gasteiger partial charge is 0.328 e. The first kappa shape index (κ1) is 17.2. The Balaban J connectivity index is 0.00000256. The third kappa shape index (κ3) is 7.97. The van der Waals surface area contributed by atoms with E-state index >= 15 is 0 Å². The Morgan fingerprint density at radius 2 is 1.88 bits per heavy atom. The highest BCUT2D eigenvalue weighted by atomic mass is 35.5. The van der Waals surface area contributed by atoms with E-state index in [1.54, 1.807) is 0 Å². The topological polar surface area (TPSA) is 72.2 Å². The van der Waals surface area contributed by atoms with E-state index in [0.717, 1.165) is 12.8 Å². The Morgan fingerprint density at radius 3 is 2.41 bits per heavy atom. The van der Waals surface area contributed by atoms with Crippen molar-refractivity contribution in [3.05, 3.63) is 0 Å².